The van der Waals surface area contributed by atoms with Crippen molar-refractivity contribution in [2.24, 2.45) is 11.8 Å². The maximum absolute atomic E-state index is 13.0. The van der Waals surface area contributed by atoms with Gasteiger partial charge in [0, 0.05) is 71.1 Å². The van der Waals surface area contributed by atoms with Gasteiger partial charge in [0.05, 0.1) is 12.1 Å². The van der Waals surface area contributed by atoms with Crippen molar-refractivity contribution in [3.8, 4) is 0 Å². The quantitative estimate of drug-likeness (QED) is 0.577. The molecule has 0 radical (unpaired) electrons. The Bertz CT molecular complexity index is 1070. The van der Waals surface area contributed by atoms with E-state index in [4.69, 9.17) is 9.84 Å². The van der Waals surface area contributed by atoms with Crippen LogP contribution in [0.3, 0.4) is 0 Å². The van der Waals surface area contributed by atoms with Gasteiger partial charge in [0.15, 0.2) is 0 Å². The number of amides is 3. The highest BCUT2D eigenvalue weighted by Gasteiger charge is 2.47. The number of halogens is 3. The molecule has 0 bridgehead atoms. The molecule has 0 aromatic heterocycles. The third kappa shape index (κ3) is 6.47. The second-order valence-corrected chi connectivity index (χ2v) is 11.7. The molecule has 4 fully saturated rings. The number of piperazine rings is 1. The number of hydrogen-bond acceptors (Lipinski definition) is 5. The van der Waals surface area contributed by atoms with Crippen LogP contribution >= 0.6 is 0 Å². The number of carboxylic acid groups (broad SMARTS) is 1. The summed E-state index contributed by atoms with van der Waals surface area (Å²) in [5.74, 6) is 0.389. The molecule has 4 aliphatic rings. The maximum Gasteiger partial charge on any atom is 0.416 e. The molecule has 1 N–H and O–H groups in total. The molecule has 0 atom stereocenters. The van der Waals surface area contributed by atoms with Crippen molar-refractivity contribution in [3.63, 3.8) is 0 Å². The lowest BCUT2D eigenvalue weighted by Crippen LogP contribution is -2.52. The van der Waals surface area contributed by atoms with Crippen molar-refractivity contribution in [1.29, 1.82) is 0 Å². The van der Waals surface area contributed by atoms with E-state index in [-0.39, 0.29) is 17.9 Å². The fraction of sp³-hybridized carbons (Fsp3) is 0.679. The highest BCUT2D eigenvalue weighted by Crippen LogP contribution is 2.37. The van der Waals surface area contributed by atoms with Gasteiger partial charge in [0.1, 0.15) is 5.60 Å². The van der Waals surface area contributed by atoms with E-state index in [2.05, 4.69) is 4.90 Å². The summed E-state index contributed by atoms with van der Waals surface area (Å²) in [5, 5.41) is 9.11. The number of piperidine rings is 1. The molecular formula is C28H37F3N4O5. The average molecular weight is 567 g/mol. The third-order valence-electron chi connectivity index (χ3n) is 9.03. The molecule has 220 valence electrons. The lowest BCUT2D eigenvalue weighted by Gasteiger charge is -2.38. The number of carbonyl (C=O) groups excluding carboxylic acids is 2. The minimum absolute atomic E-state index is 0.0431. The van der Waals surface area contributed by atoms with E-state index in [0.717, 1.165) is 43.4 Å². The first-order valence-corrected chi connectivity index (χ1v) is 14.1. The van der Waals surface area contributed by atoms with E-state index >= 15 is 0 Å². The number of ether oxygens (including phenoxy) is 1. The van der Waals surface area contributed by atoms with Crippen LogP contribution < -0.4 is 0 Å². The van der Waals surface area contributed by atoms with Crippen LogP contribution in [0.1, 0.15) is 49.7 Å². The zero-order valence-electron chi connectivity index (χ0n) is 22.6. The molecule has 3 amide bonds. The van der Waals surface area contributed by atoms with E-state index in [9.17, 15) is 27.6 Å². The van der Waals surface area contributed by atoms with Crippen molar-refractivity contribution in [1.82, 2.24) is 19.6 Å². The van der Waals surface area contributed by atoms with Gasteiger partial charge in [-0.25, -0.2) is 9.59 Å². The SMILES string of the molecule is O=C(O)N1CCN(C(=O)[C@H]2CC[C@H](CN3CC4(CCN(Cc5ccc(C(F)(F)F)cc5)CC4)OC3=O)CC2)CC1. The standard InChI is InChI=1S/C28H37F3N4O5/c29-28(30,31)23-7-3-20(4-8-23)17-32-11-9-27(10-12-32)19-35(26(39)40-27)18-21-1-5-22(6-2-21)24(36)33-13-15-34(16-14-33)25(37)38/h3-4,7-8,21-22H,1-2,5-6,9-19H2,(H,37,38)/t21-,22-. The highest BCUT2D eigenvalue weighted by atomic mass is 19.4. The second kappa shape index (κ2) is 11.5. The van der Waals surface area contributed by atoms with Gasteiger partial charge in [0.25, 0.3) is 0 Å². The fourth-order valence-corrected chi connectivity index (χ4v) is 6.55. The Kier molecular flexibility index (Phi) is 8.17. The molecule has 0 unspecified atom stereocenters. The van der Waals surface area contributed by atoms with Gasteiger partial charge in [-0.2, -0.15) is 13.2 Å². The first-order chi connectivity index (χ1) is 19.0. The Morgan fingerprint density at radius 1 is 0.925 bits per heavy atom. The summed E-state index contributed by atoms with van der Waals surface area (Å²) in [5.41, 5.74) is -0.340. The summed E-state index contributed by atoms with van der Waals surface area (Å²) in [6.07, 6.45) is -0.925. The van der Waals surface area contributed by atoms with E-state index in [1.807, 2.05) is 4.90 Å². The number of likely N-dealkylation sites (tertiary alicyclic amines) is 1. The van der Waals surface area contributed by atoms with Crippen LogP contribution in [0.5, 0.6) is 0 Å². The van der Waals surface area contributed by atoms with Crippen LogP contribution in [0.4, 0.5) is 22.8 Å². The zero-order chi connectivity index (χ0) is 28.5. The molecule has 1 aromatic rings. The third-order valence-corrected chi connectivity index (χ3v) is 9.03. The average Bonchev–Trinajstić information content (AvgIpc) is 3.24. The van der Waals surface area contributed by atoms with Gasteiger partial charge < -0.3 is 24.5 Å². The van der Waals surface area contributed by atoms with Crippen molar-refractivity contribution >= 4 is 18.1 Å². The largest absolute Gasteiger partial charge is 0.465 e. The molecular weight excluding hydrogens is 529 g/mol. The zero-order valence-corrected chi connectivity index (χ0v) is 22.6. The number of alkyl halides is 3. The smallest absolute Gasteiger partial charge is 0.416 e. The van der Waals surface area contributed by atoms with Gasteiger partial charge in [-0.3, -0.25) is 9.69 Å². The molecule has 12 heteroatoms. The van der Waals surface area contributed by atoms with Crippen molar-refractivity contribution in [2.75, 3.05) is 52.4 Å². The summed E-state index contributed by atoms with van der Waals surface area (Å²) in [7, 11) is 0. The second-order valence-electron chi connectivity index (χ2n) is 11.7. The number of carbonyl (C=O) groups is 3. The Balaban J connectivity index is 1.04. The first kappa shape index (κ1) is 28.5. The number of hydrogen-bond donors (Lipinski definition) is 1. The highest BCUT2D eigenvalue weighted by molar-refractivity contribution is 5.79. The predicted octanol–water partition coefficient (Wildman–Crippen LogP) is 4.12. The van der Waals surface area contributed by atoms with Gasteiger partial charge in [-0.1, -0.05) is 12.1 Å². The lowest BCUT2D eigenvalue weighted by atomic mass is 9.81. The van der Waals surface area contributed by atoms with Crippen molar-refractivity contribution in [2.45, 2.75) is 56.8 Å². The number of benzene rings is 1. The van der Waals surface area contributed by atoms with E-state index in [1.54, 1.807) is 4.90 Å². The van der Waals surface area contributed by atoms with Crippen LogP contribution in [-0.2, 0) is 22.3 Å². The Morgan fingerprint density at radius 3 is 2.10 bits per heavy atom. The Morgan fingerprint density at radius 2 is 1.52 bits per heavy atom. The van der Waals surface area contributed by atoms with Crippen LogP contribution in [0.25, 0.3) is 0 Å². The van der Waals surface area contributed by atoms with Crippen LogP contribution in [0.15, 0.2) is 24.3 Å². The summed E-state index contributed by atoms with van der Waals surface area (Å²) in [4.78, 5) is 43.9. The van der Waals surface area contributed by atoms with Crippen molar-refractivity contribution in [3.05, 3.63) is 35.4 Å². The fourth-order valence-electron chi connectivity index (χ4n) is 6.55. The van der Waals surface area contributed by atoms with E-state index in [0.29, 0.717) is 77.7 Å². The Labute approximate surface area is 231 Å². The van der Waals surface area contributed by atoms with Gasteiger partial charge >= 0.3 is 18.4 Å². The minimum atomic E-state index is -4.34. The number of nitrogens with zero attached hydrogens (tertiary/aromatic N) is 4. The summed E-state index contributed by atoms with van der Waals surface area (Å²) >= 11 is 0. The summed E-state index contributed by atoms with van der Waals surface area (Å²) < 4.78 is 44.4. The first-order valence-electron chi connectivity index (χ1n) is 14.1. The normalized spacial score (nSPS) is 25.8. The van der Waals surface area contributed by atoms with Gasteiger partial charge in [-0.15, -0.1) is 0 Å². The van der Waals surface area contributed by atoms with Crippen molar-refractivity contribution < 1.29 is 37.4 Å². The number of rotatable bonds is 5. The molecule has 3 heterocycles. The summed E-state index contributed by atoms with van der Waals surface area (Å²) in [6, 6.07) is 5.27. The molecule has 1 aromatic carbocycles. The maximum atomic E-state index is 13.0. The van der Waals surface area contributed by atoms with Crippen LogP contribution in [0.2, 0.25) is 0 Å². The molecule has 3 aliphatic heterocycles. The van der Waals surface area contributed by atoms with Crippen LogP contribution in [0, 0.1) is 11.8 Å². The van der Waals surface area contributed by atoms with Gasteiger partial charge in [0.2, 0.25) is 5.91 Å². The Hall–Kier alpha value is -3.02. The topological polar surface area (TPSA) is 93.6 Å². The monoisotopic (exact) mass is 566 g/mol. The van der Waals surface area contributed by atoms with Crippen LogP contribution in [-0.4, -0.2) is 101 Å². The molecule has 9 nitrogen and oxygen atoms in total. The lowest BCUT2D eigenvalue weighted by molar-refractivity contribution is -0.138. The molecule has 3 saturated heterocycles. The molecule has 5 rings (SSSR count). The molecule has 40 heavy (non-hydrogen) atoms. The predicted molar refractivity (Wildman–Crippen MR) is 138 cm³/mol. The van der Waals surface area contributed by atoms with E-state index in [1.165, 1.54) is 17.0 Å². The van der Waals surface area contributed by atoms with E-state index < -0.39 is 23.4 Å². The molecule has 1 saturated carbocycles. The molecule has 1 aliphatic carbocycles. The molecule has 1 spiro atoms. The van der Waals surface area contributed by atoms with Gasteiger partial charge in [-0.05, 0) is 49.3 Å². The summed E-state index contributed by atoms with van der Waals surface area (Å²) in [6.45, 7) is 4.71. The minimum Gasteiger partial charge on any atom is -0.465 e.